The molecule has 1 saturated heterocycles. The molecule has 0 aliphatic carbocycles. The standard InChI is InChI=1S/C14H20N2OS.ClH/c1-3-16(14(17)13-9-18-10-15-13)8-12-7-5-4-6-11(12)2;/h4-7,13,15H,3,8-10H2,1-2H3;1H/t13-;/m1./s1. The van der Waals surface area contributed by atoms with Gasteiger partial charge in [0.25, 0.3) is 0 Å². The van der Waals surface area contributed by atoms with Gasteiger partial charge in [-0.1, -0.05) is 24.3 Å². The largest absolute Gasteiger partial charge is 0.337 e. The molecule has 0 bridgehead atoms. The van der Waals surface area contributed by atoms with Crippen LogP contribution in [0.15, 0.2) is 24.3 Å². The number of thioether (sulfide) groups is 1. The molecule has 1 aromatic carbocycles. The van der Waals surface area contributed by atoms with E-state index >= 15 is 0 Å². The van der Waals surface area contributed by atoms with Gasteiger partial charge in [-0.2, -0.15) is 0 Å². The first-order valence-electron chi connectivity index (χ1n) is 6.36. The predicted octanol–water partition coefficient (Wildman–Crippen LogP) is 2.43. The Bertz CT molecular complexity index is 422. The van der Waals surface area contributed by atoms with Crippen LogP contribution in [0.25, 0.3) is 0 Å². The smallest absolute Gasteiger partial charge is 0.240 e. The van der Waals surface area contributed by atoms with Gasteiger partial charge in [0.05, 0.1) is 6.04 Å². The lowest BCUT2D eigenvalue weighted by Crippen LogP contribution is -2.44. The Morgan fingerprint density at radius 1 is 1.47 bits per heavy atom. The van der Waals surface area contributed by atoms with E-state index in [4.69, 9.17) is 0 Å². The van der Waals surface area contributed by atoms with Gasteiger partial charge in [-0.15, -0.1) is 24.2 Å². The summed E-state index contributed by atoms with van der Waals surface area (Å²) in [5, 5.41) is 3.24. The summed E-state index contributed by atoms with van der Waals surface area (Å²) in [4.78, 5) is 14.3. The highest BCUT2D eigenvalue weighted by Gasteiger charge is 2.26. The van der Waals surface area contributed by atoms with Crippen LogP contribution in [0.1, 0.15) is 18.1 Å². The van der Waals surface area contributed by atoms with Crippen molar-refractivity contribution >= 4 is 30.1 Å². The van der Waals surface area contributed by atoms with Crippen LogP contribution in [0, 0.1) is 6.92 Å². The van der Waals surface area contributed by atoms with Crippen LogP contribution in [-0.2, 0) is 11.3 Å². The zero-order chi connectivity index (χ0) is 13.0. The van der Waals surface area contributed by atoms with Gasteiger partial charge >= 0.3 is 0 Å². The third-order valence-corrected chi connectivity index (χ3v) is 4.27. The Kier molecular flexibility index (Phi) is 6.69. The van der Waals surface area contributed by atoms with Crippen LogP contribution in [0.2, 0.25) is 0 Å². The number of nitrogens with one attached hydrogen (secondary N) is 1. The number of carbonyl (C=O) groups excluding carboxylic acids is 1. The van der Waals surface area contributed by atoms with E-state index in [9.17, 15) is 4.79 Å². The van der Waals surface area contributed by atoms with Crippen molar-refractivity contribution in [1.82, 2.24) is 10.2 Å². The van der Waals surface area contributed by atoms with Crippen LogP contribution >= 0.6 is 24.2 Å². The molecule has 1 fully saturated rings. The molecule has 2 rings (SSSR count). The minimum absolute atomic E-state index is 0. The summed E-state index contributed by atoms with van der Waals surface area (Å²) in [6.45, 7) is 5.61. The number of amides is 1. The lowest BCUT2D eigenvalue weighted by Gasteiger charge is -2.24. The number of hydrogen-bond donors (Lipinski definition) is 1. The fourth-order valence-corrected chi connectivity index (χ4v) is 3.05. The summed E-state index contributed by atoms with van der Waals surface area (Å²) in [6.07, 6.45) is 0. The highest BCUT2D eigenvalue weighted by Crippen LogP contribution is 2.15. The molecule has 0 radical (unpaired) electrons. The molecule has 106 valence electrons. The molecule has 5 heteroatoms. The Morgan fingerprint density at radius 3 is 2.79 bits per heavy atom. The number of halogens is 1. The van der Waals surface area contributed by atoms with E-state index in [0.29, 0.717) is 6.54 Å². The lowest BCUT2D eigenvalue weighted by atomic mass is 10.1. The van der Waals surface area contributed by atoms with Crippen LogP contribution < -0.4 is 5.32 Å². The third-order valence-electron chi connectivity index (χ3n) is 3.33. The molecule has 1 aliphatic rings. The Balaban J connectivity index is 0.00000180. The average Bonchev–Trinajstić information content (AvgIpc) is 2.91. The molecule has 1 aromatic rings. The van der Waals surface area contributed by atoms with Crippen molar-refractivity contribution in [3.8, 4) is 0 Å². The first kappa shape index (κ1) is 16.3. The third kappa shape index (κ3) is 4.13. The number of hydrogen-bond acceptors (Lipinski definition) is 3. The molecular formula is C14H21ClN2OS. The van der Waals surface area contributed by atoms with Gasteiger partial charge in [-0.3, -0.25) is 10.1 Å². The van der Waals surface area contributed by atoms with E-state index in [0.717, 1.165) is 18.2 Å². The Morgan fingerprint density at radius 2 is 2.21 bits per heavy atom. The van der Waals surface area contributed by atoms with Crippen LogP contribution in [0.4, 0.5) is 0 Å². The van der Waals surface area contributed by atoms with E-state index in [1.165, 1.54) is 11.1 Å². The summed E-state index contributed by atoms with van der Waals surface area (Å²) in [5.74, 6) is 2.01. The molecule has 0 aromatic heterocycles. The number of carbonyl (C=O) groups is 1. The predicted molar refractivity (Wildman–Crippen MR) is 83.8 cm³/mol. The normalized spacial score (nSPS) is 17.9. The van der Waals surface area contributed by atoms with Crippen molar-refractivity contribution in [3.63, 3.8) is 0 Å². The summed E-state index contributed by atoms with van der Waals surface area (Å²) in [7, 11) is 0. The average molecular weight is 301 g/mol. The minimum atomic E-state index is -0.000955. The molecule has 1 amide bonds. The van der Waals surface area contributed by atoms with Crippen LogP contribution in [0.5, 0.6) is 0 Å². The van der Waals surface area contributed by atoms with Crippen molar-refractivity contribution in [2.45, 2.75) is 26.4 Å². The van der Waals surface area contributed by atoms with Crippen LogP contribution in [-0.4, -0.2) is 35.0 Å². The monoisotopic (exact) mass is 300 g/mol. The number of aryl methyl sites for hydroxylation is 1. The van der Waals surface area contributed by atoms with E-state index in [-0.39, 0.29) is 24.4 Å². The Labute approximate surface area is 125 Å². The van der Waals surface area contributed by atoms with Gasteiger partial charge in [0.1, 0.15) is 0 Å². The van der Waals surface area contributed by atoms with E-state index in [1.54, 1.807) is 11.8 Å². The molecule has 3 nitrogen and oxygen atoms in total. The van der Waals surface area contributed by atoms with Crippen molar-refractivity contribution in [1.29, 1.82) is 0 Å². The van der Waals surface area contributed by atoms with Gasteiger partial charge in [0.2, 0.25) is 5.91 Å². The fourth-order valence-electron chi connectivity index (χ4n) is 2.11. The maximum absolute atomic E-state index is 12.3. The molecule has 0 spiro atoms. The summed E-state index contributed by atoms with van der Waals surface area (Å²) < 4.78 is 0. The fraction of sp³-hybridized carbons (Fsp3) is 0.500. The van der Waals surface area contributed by atoms with Gasteiger partial charge in [0.15, 0.2) is 0 Å². The summed E-state index contributed by atoms with van der Waals surface area (Å²) in [6, 6.07) is 8.26. The van der Waals surface area contributed by atoms with Gasteiger partial charge < -0.3 is 4.90 Å². The molecule has 1 N–H and O–H groups in total. The highest BCUT2D eigenvalue weighted by molar-refractivity contribution is 7.99. The maximum atomic E-state index is 12.3. The summed E-state index contributed by atoms with van der Waals surface area (Å²) >= 11 is 1.79. The topological polar surface area (TPSA) is 32.3 Å². The second-order valence-electron chi connectivity index (χ2n) is 4.55. The minimum Gasteiger partial charge on any atom is -0.337 e. The summed E-state index contributed by atoms with van der Waals surface area (Å²) in [5.41, 5.74) is 2.48. The molecule has 19 heavy (non-hydrogen) atoms. The highest BCUT2D eigenvalue weighted by atomic mass is 35.5. The molecule has 1 heterocycles. The maximum Gasteiger partial charge on any atom is 0.240 e. The number of benzene rings is 1. The molecule has 0 saturated carbocycles. The molecule has 1 atom stereocenters. The Hall–Kier alpha value is -0.710. The van der Waals surface area contributed by atoms with E-state index in [1.807, 2.05) is 24.0 Å². The van der Waals surface area contributed by atoms with E-state index < -0.39 is 0 Å². The number of nitrogens with zero attached hydrogens (tertiary/aromatic N) is 1. The number of rotatable bonds is 4. The molecular weight excluding hydrogens is 280 g/mol. The van der Waals surface area contributed by atoms with Crippen LogP contribution in [0.3, 0.4) is 0 Å². The van der Waals surface area contributed by atoms with Gasteiger partial charge in [-0.25, -0.2) is 0 Å². The number of likely N-dealkylation sites (N-methyl/N-ethyl adjacent to an activating group) is 1. The van der Waals surface area contributed by atoms with Crippen molar-refractivity contribution in [2.75, 3.05) is 18.2 Å². The zero-order valence-corrected chi connectivity index (χ0v) is 13.0. The first-order valence-corrected chi connectivity index (χ1v) is 7.52. The second-order valence-corrected chi connectivity index (χ2v) is 5.58. The van der Waals surface area contributed by atoms with Crippen molar-refractivity contribution < 1.29 is 4.79 Å². The SMILES string of the molecule is CCN(Cc1ccccc1C)C(=O)[C@H]1CSCN1.Cl. The van der Waals surface area contributed by atoms with Crippen molar-refractivity contribution in [3.05, 3.63) is 35.4 Å². The van der Waals surface area contributed by atoms with Gasteiger partial charge in [-0.05, 0) is 25.0 Å². The first-order chi connectivity index (χ1) is 8.72. The van der Waals surface area contributed by atoms with Crippen molar-refractivity contribution in [2.24, 2.45) is 0 Å². The van der Waals surface area contributed by atoms with Gasteiger partial charge in [0, 0.05) is 24.7 Å². The molecule has 0 unspecified atom stereocenters. The zero-order valence-electron chi connectivity index (χ0n) is 11.4. The quantitative estimate of drug-likeness (QED) is 0.927. The second kappa shape index (κ2) is 7.78. The molecule has 1 aliphatic heterocycles. The lowest BCUT2D eigenvalue weighted by molar-refractivity contribution is -0.133. The van der Waals surface area contributed by atoms with E-state index in [2.05, 4.69) is 24.4 Å².